The van der Waals surface area contributed by atoms with Gasteiger partial charge in [-0.2, -0.15) is 0 Å². The maximum Gasteiger partial charge on any atom is 0.246 e. The Labute approximate surface area is 207 Å². The Morgan fingerprint density at radius 1 is 0.457 bits per heavy atom. The summed E-state index contributed by atoms with van der Waals surface area (Å²) >= 11 is 0. The van der Waals surface area contributed by atoms with Crippen molar-refractivity contribution in [3.05, 3.63) is 144 Å². The van der Waals surface area contributed by atoms with Gasteiger partial charge in [0.15, 0.2) is 0 Å². The largest absolute Gasteiger partial charge is 0.275 e. The summed E-state index contributed by atoms with van der Waals surface area (Å²) in [5.41, 5.74) is -0.138. The van der Waals surface area contributed by atoms with Crippen LogP contribution in [0.1, 0.15) is 43.0 Å². The summed E-state index contributed by atoms with van der Waals surface area (Å²) in [7, 11) is 0. The predicted octanol–water partition coefficient (Wildman–Crippen LogP) is 6.13. The number of carbonyl (C=O) groups is 2. The molecule has 3 heteroatoms. The van der Waals surface area contributed by atoms with Crippen molar-refractivity contribution in [1.82, 2.24) is 4.90 Å². The number of imide groups is 1. The molecular weight excluding hydrogens is 430 g/mol. The first-order valence-corrected chi connectivity index (χ1v) is 12.0. The van der Waals surface area contributed by atoms with Crippen molar-refractivity contribution < 1.29 is 9.59 Å². The molecule has 0 N–H and O–H groups in total. The van der Waals surface area contributed by atoms with E-state index < -0.39 is 16.4 Å². The molecule has 1 aliphatic rings. The molecule has 1 saturated heterocycles. The Hall–Kier alpha value is -3.98. The van der Waals surface area contributed by atoms with Crippen LogP contribution in [0.3, 0.4) is 0 Å². The zero-order valence-electron chi connectivity index (χ0n) is 20.3. The summed E-state index contributed by atoms with van der Waals surface area (Å²) in [6, 6.07) is 39.1. The highest BCUT2D eigenvalue weighted by atomic mass is 16.2. The van der Waals surface area contributed by atoms with Crippen LogP contribution in [0.15, 0.2) is 121 Å². The number of likely N-dealkylation sites (tertiary alicyclic amines) is 1. The molecular formula is C32H29NO2. The van der Waals surface area contributed by atoms with Gasteiger partial charge in [0.1, 0.15) is 10.8 Å². The maximum atomic E-state index is 15.0. The molecule has 0 atom stereocenters. The van der Waals surface area contributed by atoms with Gasteiger partial charge in [0.05, 0.1) is 0 Å². The average Bonchev–Trinajstić information content (AvgIpc) is 3.10. The lowest BCUT2D eigenvalue weighted by Crippen LogP contribution is -2.53. The highest BCUT2D eigenvalue weighted by Crippen LogP contribution is 2.59. The van der Waals surface area contributed by atoms with Gasteiger partial charge >= 0.3 is 0 Å². The number of hydrogen-bond donors (Lipinski definition) is 0. The number of carbonyl (C=O) groups excluding carboxylic acids is 2. The van der Waals surface area contributed by atoms with Crippen molar-refractivity contribution in [3.8, 4) is 0 Å². The highest BCUT2D eigenvalue weighted by molar-refractivity contribution is 6.20. The van der Waals surface area contributed by atoms with Crippen LogP contribution in [-0.2, 0) is 20.4 Å². The molecule has 2 amide bonds. The van der Waals surface area contributed by atoms with E-state index in [2.05, 4.69) is 0 Å². The van der Waals surface area contributed by atoms with Gasteiger partial charge in [-0.15, -0.1) is 0 Å². The van der Waals surface area contributed by atoms with Crippen molar-refractivity contribution >= 4 is 11.8 Å². The number of amides is 2. The minimum absolute atomic E-state index is 0.208. The zero-order chi connectivity index (χ0) is 24.7. The molecule has 3 nitrogen and oxygen atoms in total. The monoisotopic (exact) mass is 459 g/mol. The summed E-state index contributed by atoms with van der Waals surface area (Å²) < 4.78 is 0. The van der Waals surface area contributed by atoms with Gasteiger partial charge in [0, 0.05) is 5.54 Å². The summed E-state index contributed by atoms with van der Waals surface area (Å²) in [4.78, 5) is 31.4. The van der Waals surface area contributed by atoms with Gasteiger partial charge in [-0.3, -0.25) is 14.5 Å². The smallest absolute Gasteiger partial charge is 0.246 e. The molecule has 1 fully saturated rings. The first-order valence-electron chi connectivity index (χ1n) is 12.0. The molecule has 0 unspecified atom stereocenters. The minimum atomic E-state index is -1.30. The normalized spacial score (nSPS) is 16.9. The molecule has 174 valence electrons. The van der Waals surface area contributed by atoms with E-state index in [-0.39, 0.29) is 11.8 Å². The van der Waals surface area contributed by atoms with E-state index in [1.165, 1.54) is 4.90 Å². The van der Waals surface area contributed by atoms with Crippen LogP contribution in [0.2, 0.25) is 0 Å². The Bertz CT molecular complexity index is 1160. The Kier molecular flexibility index (Phi) is 5.44. The highest BCUT2D eigenvalue weighted by Gasteiger charge is 2.73. The van der Waals surface area contributed by atoms with Crippen LogP contribution in [-0.4, -0.2) is 22.3 Å². The lowest BCUT2D eigenvalue weighted by molar-refractivity contribution is -0.145. The summed E-state index contributed by atoms with van der Waals surface area (Å²) in [5.74, 6) is -0.416. The van der Waals surface area contributed by atoms with Crippen molar-refractivity contribution in [2.24, 2.45) is 0 Å². The van der Waals surface area contributed by atoms with Gasteiger partial charge in [0.2, 0.25) is 11.8 Å². The lowest BCUT2D eigenvalue weighted by atomic mass is 9.53. The van der Waals surface area contributed by atoms with Gasteiger partial charge < -0.3 is 0 Å². The van der Waals surface area contributed by atoms with Crippen molar-refractivity contribution in [2.75, 3.05) is 0 Å². The quantitative estimate of drug-likeness (QED) is 0.345. The number of rotatable bonds is 4. The molecule has 0 bridgehead atoms. The van der Waals surface area contributed by atoms with E-state index in [4.69, 9.17) is 0 Å². The second kappa shape index (κ2) is 8.35. The average molecular weight is 460 g/mol. The van der Waals surface area contributed by atoms with Gasteiger partial charge in [-0.1, -0.05) is 121 Å². The van der Waals surface area contributed by atoms with E-state index in [1.807, 2.05) is 142 Å². The lowest BCUT2D eigenvalue weighted by Gasteiger charge is -2.43. The number of hydrogen-bond acceptors (Lipinski definition) is 2. The molecule has 0 aromatic heterocycles. The van der Waals surface area contributed by atoms with Crippen LogP contribution in [0, 0.1) is 0 Å². The Morgan fingerprint density at radius 2 is 0.686 bits per heavy atom. The van der Waals surface area contributed by atoms with Crippen LogP contribution in [0.5, 0.6) is 0 Å². The molecule has 1 heterocycles. The van der Waals surface area contributed by atoms with Crippen molar-refractivity contribution in [1.29, 1.82) is 0 Å². The molecule has 35 heavy (non-hydrogen) atoms. The second-order valence-electron chi connectivity index (χ2n) is 10.1. The second-order valence-corrected chi connectivity index (χ2v) is 10.1. The fourth-order valence-electron chi connectivity index (χ4n) is 5.80. The fourth-order valence-corrected chi connectivity index (χ4v) is 5.80. The van der Waals surface area contributed by atoms with E-state index >= 15 is 0 Å². The molecule has 0 radical (unpaired) electrons. The van der Waals surface area contributed by atoms with Gasteiger partial charge in [-0.25, -0.2) is 0 Å². The van der Waals surface area contributed by atoms with E-state index in [9.17, 15) is 9.59 Å². The summed E-state index contributed by atoms with van der Waals surface area (Å²) in [5, 5.41) is 0. The Balaban J connectivity index is 2.06. The predicted molar refractivity (Wildman–Crippen MR) is 139 cm³/mol. The maximum absolute atomic E-state index is 15.0. The minimum Gasteiger partial charge on any atom is -0.275 e. The first-order chi connectivity index (χ1) is 16.9. The molecule has 4 aromatic carbocycles. The van der Waals surface area contributed by atoms with Crippen LogP contribution >= 0.6 is 0 Å². The van der Waals surface area contributed by atoms with Crippen molar-refractivity contribution in [3.63, 3.8) is 0 Å². The SMILES string of the molecule is CC(C)(C)N1C(=O)C(c2ccccc2)(c2ccccc2)C(c2ccccc2)(c2ccccc2)C1=O. The van der Waals surface area contributed by atoms with Crippen LogP contribution < -0.4 is 0 Å². The standard InChI is InChI=1S/C32H29NO2/c1-30(2,3)33-28(34)31(24-16-8-4-9-17-24,25-18-10-5-11-19-25)32(29(33)35,26-20-12-6-13-21-26)27-22-14-7-15-23-27/h4-23H,1-3H3. The molecule has 4 aromatic rings. The van der Waals surface area contributed by atoms with Crippen LogP contribution in [0.4, 0.5) is 0 Å². The van der Waals surface area contributed by atoms with Crippen LogP contribution in [0.25, 0.3) is 0 Å². The molecule has 0 spiro atoms. The number of benzene rings is 4. The number of nitrogens with zero attached hydrogens (tertiary/aromatic N) is 1. The van der Waals surface area contributed by atoms with E-state index in [0.29, 0.717) is 0 Å². The third-order valence-electron chi connectivity index (χ3n) is 7.11. The van der Waals surface area contributed by atoms with E-state index in [1.54, 1.807) is 0 Å². The van der Waals surface area contributed by atoms with Gasteiger partial charge in [-0.05, 0) is 43.0 Å². The summed E-state index contributed by atoms with van der Waals surface area (Å²) in [6.45, 7) is 5.78. The third kappa shape index (κ3) is 3.11. The molecule has 5 rings (SSSR count). The summed E-state index contributed by atoms with van der Waals surface area (Å²) in [6.07, 6.45) is 0. The Morgan fingerprint density at radius 3 is 0.886 bits per heavy atom. The molecule has 1 aliphatic heterocycles. The third-order valence-corrected chi connectivity index (χ3v) is 7.11. The van der Waals surface area contributed by atoms with E-state index in [0.717, 1.165) is 22.3 Å². The van der Waals surface area contributed by atoms with Crippen molar-refractivity contribution in [2.45, 2.75) is 37.1 Å². The molecule has 0 aliphatic carbocycles. The fraction of sp³-hybridized carbons (Fsp3) is 0.188. The zero-order valence-corrected chi connectivity index (χ0v) is 20.3. The van der Waals surface area contributed by atoms with Gasteiger partial charge in [0.25, 0.3) is 0 Å². The first kappa shape index (κ1) is 22.8. The topological polar surface area (TPSA) is 37.4 Å². The molecule has 0 saturated carbocycles.